The number of nitriles is 1. The molecule has 0 radical (unpaired) electrons. The monoisotopic (exact) mass is 403 g/mol. The molecule has 0 amide bonds. The Hall–Kier alpha value is -3.59. The van der Waals surface area contributed by atoms with E-state index in [-0.39, 0.29) is 23.9 Å². The molecule has 6 heteroatoms. The van der Waals surface area contributed by atoms with Crippen molar-refractivity contribution in [3.63, 3.8) is 0 Å². The number of benzene rings is 2. The van der Waals surface area contributed by atoms with Gasteiger partial charge in [-0.1, -0.05) is 62.7 Å². The highest BCUT2D eigenvalue weighted by atomic mass is 16.5. The third kappa shape index (κ3) is 4.20. The summed E-state index contributed by atoms with van der Waals surface area (Å²) in [6, 6.07) is 18.9. The Morgan fingerprint density at radius 2 is 1.87 bits per heavy atom. The number of aromatic nitrogens is 2. The van der Waals surface area contributed by atoms with Crippen molar-refractivity contribution in [3.05, 3.63) is 71.7 Å². The van der Waals surface area contributed by atoms with Gasteiger partial charge < -0.3 is 14.4 Å². The molecule has 0 aliphatic carbocycles. The first-order valence-corrected chi connectivity index (χ1v) is 9.93. The highest BCUT2D eigenvalue weighted by Crippen LogP contribution is 2.29. The van der Waals surface area contributed by atoms with E-state index in [9.17, 15) is 15.2 Å². The molecule has 154 valence electrons. The zero-order valence-electron chi connectivity index (χ0n) is 17.4. The lowest BCUT2D eigenvalue weighted by Crippen LogP contribution is -2.23. The van der Waals surface area contributed by atoms with Crippen molar-refractivity contribution in [2.45, 2.75) is 26.2 Å². The fourth-order valence-electron chi connectivity index (χ4n) is 3.51. The van der Waals surface area contributed by atoms with E-state index >= 15 is 0 Å². The molecule has 0 bridgehead atoms. The molecule has 30 heavy (non-hydrogen) atoms. The molecule has 0 saturated carbocycles. The summed E-state index contributed by atoms with van der Waals surface area (Å²) in [5.41, 5.74) is 2.41. The van der Waals surface area contributed by atoms with Crippen LogP contribution in [0.15, 0.2) is 60.4 Å². The number of aryl methyl sites for hydroxylation is 1. The van der Waals surface area contributed by atoms with E-state index in [4.69, 9.17) is 4.74 Å². The normalized spacial score (nSPS) is 13.9. The van der Waals surface area contributed by atoms with E-state index in [2.05, 4.69) is 4.98 Å². The van der Waals surface area contributed by atoms with Gasteiger partial charge in [-0.2, -0.15) is 5.26 Å². The summed E-state index contributed by atoms with van der Waals surface area (Å²) in [6.07, 6.45) is 0.805. The number of carbonyl (C=O) groups excluding carboxylic acids is 1. The summed E-state index contributed by atoms with van der Waals surface area (Å²) < 4.78 is 7.16. The lowest BCUT2D eigenvalue weighted by atomic mass is 9.86. The second kappa shape index (κ2) is 9.27. The molecular weight excluding hydrogens is 378 g/mol. The lowest BCUT2D eigenvalue weighted by Gasteiger charge is -2.22. The minimum absolute atomic E-state index is 0.0127. The van der Waals surface area contributed by atoms with E-state index in [1.165, 1.54) is 0 Å². The molecule has 0 aliphatic rings. The minimum Gasteiger partial charge on any atom is -0.507 e. The van der Waals surface area contributed by atoms with Gasteiger partial charge in [-0.05, 0) is 23.6 Å². The highest BCUT2D eigenvalue weighted by Gasteiger charge is 2.28. The number of allylic oxidation sites excluding steroid dienone is 1. The Balaban J connectivity index is 1.84. The number of carbonyl (C=O) groups is 1. The van der Waals surface area contributed by atoms with E-state index in [1.807, 2.05) is 74.5 Å². The molecule has 3 rings (SSSR count). The van der Waals surface area contributed by atoms with Gasteiger partial charge in [0.2, 0.25) is 0 Å². The van der Waals surface area contributed by atoms with Crippen molar-refractivity contribution in [3.8, 4) is 6.07 Å². The first-order valence-electron chi connectivity index (χ1n) is 9.93. The maximum atomic E-state index is 12.8. The number of nitrogens with zero attached hydrogens (tertiary/aromatic N) is 3. The summed E-state index contributed by atoms with van der Waals surface area (Å²) in [4.78, 5) is 17.3. The fraction of sp³-hybridized carbons (Fsp3) is 0.292. The molecule has 2 aromatic carbocycles. The third-order valence-corrected chi connectivity index (χ3v) is 5.39. The zero-order valence-corrected chi connectivity index (χ0v) is 17.4. The van der Waals surface area contributed by atoms with Gasteiger partial charge in [-0.3, -0.25) is 4.79 Å². The number of imidazole rings is 1. The zero-order chi connectivity index (χ0) is 21.7. The standard InChI is InChI=1S/C24H25N3O3/c1-4-16(2)22(17-10-6-5-7-11-17)24(29)30-15-21(28)18(14-25)23-26-19-12-8-9-13-20(19)27(23)3/h5-13,16,22,28H,4,15H2,1-3H3/b21-18-/t16-,22-/m1/s1. The molecule has 0 saturated heterocycles. The van der Waals surface area contributed by atoms with Gasteiger partial charge in [-0.25, -0.2) is 4.98 Å². The van der Waals surface area contributed by atoms with Crippen molar-refractivity contribution >= 4 is 22.6 Å². The van der Waals surface area contributed by atoms with Crippen LogP contribution in [0.5, 0.6) is 0 Å². The van der Waals surface area contributed by atoms with Crippen molar-refractivity contribution in [2.75, 3.05) is 6.61 Å². The van der Waals surface area contributed by atoms with E-state index in [1.54, 1.807) is 11.6 Å². The van der Waals surface area contributed by atoms with Crippen molar-refractivity contribution < 1.29 is 14.6 Å². The number of esters is 1. The molecule has 3 aromatic rings. The SMILES string of the molecule is CC[C@@H](C)[C@@H](C(=O)OC/C(O)=C(\C#N)c1nc2ccccc2n1C)c1ccccc1. The van der Waals surface area contributed by atoms with Crippen molar-refractivity contribution in [1.82, 2.24) is 9.55 Å². The Labute approximate surface area is 176 Å². The molecule has 1 N–H and O–H groups in total. The minimum atomic E-state index is -0.440. The molecule has 6 nitrogen and oxygen atoms in total. The van der Waals surface area contributed by atoms with Crippen LogP contribution in [-0.4, -0.2) is 27.2 Å². The van der Waals surface area contributed by atoms with Gasteiger partial charge in [-0.15, -0.1) is 0 Å². The van der Waals surface area contributed by atoms with Gasteiger partial charge in [0.25, 0.3) is 0 Å². The van der Waals surface area contributed by atoms with Crippen molar-refractivity contribution in [2.24, 2.45) is 13.0 Å². The van der Waals surface area contributed by atoms with Gasteiger partial charge in [0.1, 0.15) is 18.2 Å². The van der Waals surface area contributed by atoms with E-state index in [0.717, 1.165) is 17.5 Å². The molecule has 0 fully saturated rings. The average Bonchev–Trinajstić information content (AvgIpc) is 3.10. The largest absolute Gasteiger partial charge is 0.507 e. The topological polar surface area (TPSA) is 88.1 Å². The van der Waals surface area contributed by atoms with Crippen LogP contribution in [0.1, 0.15) is 37.6 Å². The Bertz CT molecular complexity index is 1110. The van der Waals surface area contributed by atoms with Crippen molar-refractivity contribution in [1.29, 1.82) is 5.26 Å². The molecular formula is C24H25N3O3. The predicted octanol–water partition coefficient (Wildman–Crippen LogP) is 4.74. The van der Waals surface area contributed by atoms with Crippen LogP contribution in [-0.2, 0) is 16.6 Å². The van der Waals surface area contributed by atoms with Crippen LogP contribution in [0.25, 0.3) is 16.6 Å². The summed E-state index contributed by atoms with van der Waals surface area (Å²) in [5, 5.41) is 20.2. The predicted molar refractivity (Wildman–Crippen MR) is 115 cm³/mol. The number of ether oxygens (including phenoxy) is 1. The molecule has 1 aromatic heterocycles. The van der Waals surface area contributed by atoms with Crippen LogP contribution >= 0.6 is 0 Å². The third-order valence-electron chi connectivity index (χ3n) is 5.39. The second-order valence-corrected chi connectivity index (χ2v) is 7.30. The van der Waals surface area contributed by atoms with E-state index in [0.29, 0.717) is 11.3 Å². The molecule has 0 unspecified atom stereocenters. The Morgan fingerprint density at radius 3 is 2.50 bits per heavy atom. The number of rotatable bonds is 7. The summed E-state index contributed by atoms with van der Waals surface area (Å²) >= 11 is 0. The lowest BCUT2D eigenvalue weighted by molar-refractivity contribution is -0.146. The fourth-order valence-corrected chi connectivity index (χ4v) is 3.51. The quantitative estimate of drug-likeness (QED) is 0.350. The van der Waals surface area contributed by atoms with Gasteiger partial charge in [0, 0.05) is 7.05 Å². The van der Waals surface area contributed by atoms with Crippen LogP contribution in [0.4, 0.5) is 0 Å². The van der Waals surface area contributed by atoms with Crippen LogP contribution < -0.4 is 0 Å². The molecule has 0 aliphatic heterocycles. The number of aliphatic hydroxyl groups is 1. The van der Waals surface area contributed by atoms with E-state index < -0.39 is 11.9 Å². The Kier molecular flexibility index (Phi) is 6.53. The Morgan fingerprint density at radius 1 is 1.20 bits per heavy atom. The van der Waals surface area contributed by atoms with Gasteiger partial charge in [0.05, 0.1) is 17.0 Å². The maximum absolute atomic E-state index is 12.8. The number of hydrogen-bond donors (Lipinski definition) is 1. The summed E-state index contributed by atoms with van der Waals surface area (Å²) in [6.45, 7) is 3.63. The first kappa shape index (κ1) is 21.1. The van der Waals surface area contributed by atoms with Gasteiger partial charge >= 0.3 is 5.97 Å². The molecule has 1 heterocycles. The average molecular weight is 403 g/mol. The smallest absolute Gasteiger partial charge is 0.314 e. The number of fused-ring (bicyclic) bond motifs is 1. The van der Waals surface area contributed by atoms with Gasteiger partial charge in [0.15, 0.2) is 11.6 Å². The second-order valence-electron chi connectivity index (χ2n) is 7.30. The summed E-state index contributed by atoms with van der Waals surface area (Å²) in [7, 11) is 1.77. The maximum Gasteiger partial charge on any atom is 0.314 e. The van der Waals surface area contributed by atoms with Crippen LogP contribution in [0.3, 0.4) is 0 Å². The van der Waals surface area contributed by atoms with Crippen LogP contribution in [0.2, 0.25) is 0 Å². The molecule has 2 atom stereocenters. The number of aliphatic hydroxyl groups excluding tert-OH is 1. The first-order chi connectivity index (χ1) is 14.5. The molecule has 0 spiro atoms. The highest BCUT2D eigenvalue weighted by molar-refractivity contribution is 5.84. The van der Waals surface area contributed by atoms with Crippen LogP contribution in [0, 0.1) is 17.2 Å². The number of para-hydroxylation sites is 2. The number of hydrogen-bond acceptors (Lipinski definition) is 5. The summed E-state index contributed by atoms with van der Waals surface area (Å²) in [5.74, 6) is -0.787.